The third-order valence-corrected chi connectivity index (χ3v) is 2.44. The molecule has 3 heteroatoms. The van der Waals surface area contributed by atoms with Crippen molar-refractivity contribution in [1.29, 1.82) is 0 Å². The maximum Gasteiger partial charge on any atom is 0.176 e. The Bertz CT molecular complexity index is 506. The highest BCUT2D eigenvalue weighted by molar-refractivity contribution is 5.90. The van der Waals surface area contributed by atoms with Gasteiger partial charge in [-0.15, -0.1) is 0 Å². The second kappa shape index (κ2) is 5.27. The minimum absolute atomic E-state index is 0.420. The molecule has 0 saturated heterocycles. The molecule has 0 aliphatic carbocycles. The van der Waals surface area contributed by atoms with Crippen LogP contribution < -0.4 is 4.89 Å². The van der Waals surface area contributed by atoms with Crippen molar-refractivity contribution in [3.05, 3.63) is 54.1 Å². The average molecular weight is 228 g/mol. The van der Waals surface area contributed by atoms with Gasteiger partial charge < -0.3 is 4.89 Å². The quantitative estimate of drug-likeness (QED) is 0.458. The number of carbonyl (C=O) groups excluding carboxylic acids is 1. The summed E-state index contributed by atoms with van der Waals surface area (Å²) in [5.74, 6) is 0.420. The monoisotopic (exact) mass is 228 g/mol. The number of aldehydes is 1. The van der Waals surface area contributed by atoms with Crippen molar-refractivity contribution >= 4 is 6.29 Å². The van der Waals surface area contributed by atoms with Crippen LogP contribution in [-0.2, 0) is 4.89 Å². The maximum absolute atomic E-state index is 11.2. The van der Waals surface area contributed by atoms with Crippen LogP contribution in [0.25, 0.3) is 11.1 Å². The normalized spacial score (nSPS) is 9.94. The van der Waals surface area contributed by atoms with E-state index in [0.29, 0.717) is 11.3 Å². The molecule has 0 atom stereocenters. The molecule has 0 heterocycles. The van der Waals surface area contributed by atoms with E-state index in [2.05, 4.69) is 4.89 Å². The van der Waals surface area contributed by atoms with Gasteiger partial charge >= 0.3 is 0 Å². The lowest BCUT2D eigenvalue weighted by molar-refractivity contribution is -0.178. The molecule has 0 fully saturated rings. The van der Waals surface area contributed by atoms with Crippen LogP contribution >= 0.6 is 0 Å². The second-order valence-electron chi connectivity index (χ2n) is 3.45. The standard InChI is InChI=1S/C14H12O3/c1-16-17-14-9-5-8-12(13(14)10-15)11-6-3-2-4-7-11/h2-10H,1H3. The molecule has 0 spiro atoms. The number of hydrogen-bond acceptors (Lipinski definition) is 3. The SMILES string of the molecule is COOc1cccc(-c2ccccc2)c1C=O. The van der Waals surface area contributed by atoms with Gasteiger partial charge in [-0.05, 0) is 17.2 Å². The topological polar surface area (TPSA) is 35.5 Å². The van der Waals surface area contributed by atoms with Crippen LogP contribution in [0.5, 0.6) is 5.75 Å². The molecule has 0 aromatic heterocycles. The van der Waals surface area contributed by atoms with E-state index in [0.717, 1.165) is 17.4 Å². The molecule has 0 bridgehead atoms. The van der Waals surface area contributed by atoms with Crippen molar-refractivity contribution in [1.82, 2.24) is 0 Å². The lowest BCUT2D eigenvalue weighted by Gasteiger charge is -2.09. The molecule has 0 amide bonds. The Hall–Kier alpha value is -2.13. The largest absolute Gasteiger partial charge is 0.337 e. The van der Waals surface area contributed by atoms with Crippen LogP contribution in [0.2, 0.25) is 0 Å². The van der Waals surface area contributed by atoms with E-state index >= 15 is 0 Å². The summed E-state index contributed by atoms with van der Waals surface area (Å²) in [6, 6.07) is 15.1. The van der Waals surface area contributed by atoms with E-state index < -0.39 is 0 Å². The summed E-state index contributed by atoms with van der Waals surface area (Å²) in [6.07, 6.45) is 0.774. The van der Waals surface area contributed by atoms with E-state index in [4.69, 9.17) is 4.89 Å². The molecular weight excluding hydrogens is 216 g/mol. The van der Waals surface area contributed by atoms with Crippen LogP contribution in [0.3, 0.4) is 0 Å². The fourth-order valence-corrected chi connectivity index (χ4v) is 1.70. The zero-order valence-electron chi connectivity index (χ0n) is 9.42. The Morgan fingerprint density at radius 1 is 1.00 bits per heavy atom. The first-order valence-corrected chi connectivity index (χ1v) is 5.21. The Morgan fingerprint density at radius 2 is 1.76 bits per heavy atom. The average Bonchev–Trinajstić information content (AvgIpc) is 2.40. The van der Waals surface area contributed by atoms with Gasteiger partial charge in [0.15, 0.2) is 12.0 Å². The van der Waals surface area contributed by atoms with Crippen molar-refractivity contribution in [3.8, 4) is 16.9 Å². The van der Waals surface area contributed by atoms with E-state index in [1.165, 1.54) is 7.11 Å². The highest BCUT2D eigenvalue weighted by atomic mass is 17.2. The van der Waals surface area contributed by atoms with Crippen molar-refractivity contribution in [3.63, 3.8) is 0 Å². The Labute approximate surface area is 99.5 Å². The molecule has 86 valence electrons. The number of carbonyl (C=O) groups is 1. The fourth-order valence-electron chi connectivity index (χ4n) is 1.70. The highest BCUT2D eigenvalue weighted by Gasteiger charge is 2.10. The molecule has 17 heavy (non-hydrogen) atoms. The molecular formula is C14H12O3. The molecule has 0 N–H and O–H groups in total. The molecule has 2 aromatic rings. The first kappa shape index (κ1) is 11.4. The maximum atomic E-state index is 11.2. The molecule has 0 saturated carbocycles. The minimum atomic E-state index is 0.420. The second-order valence-corrected chi connectivity index (χ2v) is 3.45. The van der Waals surface area contributed by atoms with Gasteiger partial charge in [-0.3, -0.25) is 4.79 Å². The van der Waals surface area contributed by atoms with Gasteiger partial charge in [0.2, 0.25) is 0 Å². The molecule has 2 rings (SSSR count). The van der Waals surface area contributed by atoms with Gasteiger partial charge in [0.25, 0.3) is 0 Å². The van der Waals surface area contributed by atoms with Crippen LogP contribution in [0, 0.1) is 0 Å². The van der Waals surface area contributed by atoms with Crippen LogP contribution in [-0.4, -0.2) is 13.4 Å². The van der Waals surface area contributed by atoms with Crippen molar-refractivity contribution in [2.75, 3.05) is 7.11 Å². The van der Waals surface area contributed by atoms with Crippen molar-refractivity contribution in [2.45, 2.75) is 0 Å². The van der Waals surface area contributed by atoms with Crippen LogP contribution in [0.15, 0.2) is 48.5 Å². The molecule has 0 unspecified atom stereocenters. The molecule has 0 radical (unpaired) electrons. The zero-order chi connectivity index (χ0) is 12.1. The van der Waals surface area contributed by atoms with E-state index in [1.807, 2.05) is 42.5 Å². The molecule has 2 aromatic carbocycles. The zero-order valence-corrected chi connectivity index (χ0v) is 9.42. The van der Waals surface area contributed by atoms with Crippen LogP contribution in [0.1, 0.15) is 10.4 Å². The summed E-state index contributed by atoms with van der Waals surface area (Å²) in [5.41, 5.74) is 2.28. The summed E-state index contributed by atoms with van der Waals surface area (Å²) in [6.45, 7) is 0. The first-order chi connectivity index (χ1) is 8.36. The molecule has 0 aliphatic heterocycles. The summed E-state index contributed by atoms with van der Waals surface area (Å²) in [7, 11) is 1.41. The van der Waals surface area contributed by atoms with Gasteiger partial charge in [-0.25, -0.2) is 0 Å². The smallest absolute Gasteiger partial charge is 0.176 e. The Balaban J connectivity index is 2.54. The van der Waals surface area contributed by atoms with E-state index in [1.54, 1.807) is 6.07 Å². The number of hydrogen-bond donors (Lipinski definition) is 0. The lowest BCUT2D eigenvalue weighted by atomic mass is 10.00. The third-order valence-electron chi connectivity index (χ3n) is 2.44. The van der Waals surface area contributed by atoms with Crippen molar-refractivity contribution < 1.29 is 14.6 Å². The fraction of sp³-hybridized carbons (Fsp3) is 0.0714. The van der Waals surface area contributed by atoms with Gasteiger partial charge in [0, 0.05) is 0 Å². The van der Waals surface area contributed by atoms with Crippen LogP contribution in [0.4, 0.5) is 0 Å². The number of benzene rings is 2. The predicted octanol–water partition coefficient (Wildman–Crippen LogP) is 3.11. The third kappa shape index (κ3) is 2.34. The summed E-state index contributed by atoms with van der Waals surface area (Å²) < 4.78 is 0. The van der Waals surface area contributed by atoms with Gasteiger partial charge in [0.1, 0.15) is 0 Å². The number of rotatable bonds is 4. The van der Waals surface area contributed by atoms with Gasteiger partial charge in [0.05, 0.1) is 12.7 Å². The summed E-state index contributed by atoms with van der Waals surface area (Å²) in [5, 5.41) is 0. The van der Waals surface area contributed by atoms with E-state index in [9.17, 15) is 4.79 Å². The summed E-state index contributed by atoms with van der Waals surface area (Å²) in [4.78, 5) is 20.7. The van der Waals surface area contributed by atoms with Crippen molar-refractivity contribution in [2.24, 2.45) is 0 Å². The Kier molecular flexibility index (Phi) is 3.52. The van der Waals surface area contributed by atoms with E-state index in [-0.39, 0.29) is 0 Å². The lowest BCUT2D eigenvalue weighted by Crippen LogP contribution is -1.97. The first-order valence-electron chi connectivity index (χ1n) is 5.21. The Morgan fingerprint density at radius 3 is 2.41 bits per heavy atom. The minimum Gasteiger partial charge on any atom is -0.337 e. The van der Waals surface area contributed by atoms with Gasteiger partial charge in [-0.2, -0.15) is 4.89 Å². The predicted molar refractivity (Wildman–Crippen MR) is 64.9 cm³/mol. The highest BCUT2D eigenvalue weighted by Crippen LogP contribution is 2.29. The van der Waals surface area contributed by atoms with Gasteiger partial charge in [-0.1, -0.05) is 42.5 Å². The summed E-state index contributed by atoms with van der Waals surface area (Å²) >= 11 is 0. The molecule has 0 aliphatic rings. The molecule has 3 nitrogen and oxygen atoms in total.